The monoisotopic (exact) mass is 315 g/mol. The second-order valence-electron chi connectivity index (χ2n) is 5.85. The van der Waals surface area contributed by atoms with Crippen molar-refractivity contribution in [3.8, 4) is 0 Å². The second-order valence-corrected chi connectivity index (χ2v) is 5.85. The highest BCUT2D eigenvalue weighted by Crippen LogP contribution is 2.06. The summed E-state index contributed by atoms with van der Waals surface area (Å²) in [6.45, 7) is 7.60. The Kier molecular flexibility index (Phi) is 10.3. The Morgan fingerprint density at radius 1 is 0.955 bits per heavy atom. The Hall–Kier alpha value is -0.730. The molecule has 1 heterocycles. The zero-order valence-electron chi connectivity index (χ0n) is 14.4. The maximum atomic E-state index is 12.1. The lowest BCUT2D eigenvalue weighted by atomic mass is 10.3. The van der Waals surface area contributed by atoms with Crippen LogP contribution in [0.2, 0.25) is 0 Å². The number of likely N-dealkylation sites (N-methyl/N-ethyl adjacent to an activating group) is 1. The van der Waals surface area contributed by atoms with Gasteiger partial charge in [0.15, 0.2) is 6.17 Å². The average molecular weight is 315 g/mol. The van der Waals surface area contributed by atoms with E-state index in [1.807, 2.05) is 19.0 Å². The third kappa shape index (κ3) is 7.51. The number of hydrogen-bond acceptors (Lipinski definition) is 7. The molecule has 0 aromatic rings. The predicted molar refractivity (Wildman–Crippen MR) is 88.9 cm³/mol. The summed E-state index contributed by atoms with van der Waals surface area (Å²) in [4.78, 5) is 16.2. The Labute approximate surface area is 134 Å². The van der Waals surface area contributed by atoms with E-state index in [1.54, 1.807) is 0 Å². The van der Waals surface area contributed by atoms with Crippen LogP contribution in [0.4, 0.5) is 0 Å². The third-order valence-corrected chi connectivity index (χ3v) is 3.81. The van der Waals surface area contributed by atoms with Crippen molar-refractivity contribution in [2.24, 2.45) is 0 Å². The quantitative estimate of drug-likeness (QED) is 0.572. The fourth-order valence-electron chi connectivity index (χ4n) is 2.67. The summed E-state index contributed by atoms with van der Waals surface area (Å²) in [7, 11) is 5.30. The lowest BCUT2D eigenvalue weighted by Gasteiger charge is -2.34. The van der Waals surface area contributed by atoms with E-state index < -0.39 is 0 Å². The predicted octanol–water partition coefficient (Wildman–Crippen LogP) is -1.09. The fraction of sp³-hybridized carbons (Fsp3) is 0.933. The third-order valence-electron chi connectivity index (χ3n) is 3.81. The van der Waals surface area contributed by atoms with Crippen LogP contribution in [0.3, 0.4) is 0 Å². The summed E-state index contributed by atoms with van der Waals surface area (Å²) >= 11 is 0. The van der Waals surface area contributed by atoms with E-state index in [4.69, 9.17) is 4.74 Å². The van der Waals surface area contributed by atoms with E-state index in [0.717, 1.165) is 65.2 Å². The van der Waals surface area contributed by atoms with E-state index in [9.17, 15) is 4.79 Å². The minimum absolute atomic E-state index is 0.191. The van der Waals surface area contributed by atoms with Crippen LogP contribution < -0.4 is 16.0 Å². The van der Waals surface area contributed by atoms with Crippen LogP contribution in [0.5, 0.6) is 0 Å². The molecule has 130 valence electrons. The Balaban J connectivity index is 2.58. The van der Waals surface area contributed by atoms with Crippen LogP contribution in [-0.2, 0) is 9.53 Å². The zero-order chi connectivity index (χ0) is 16.2. The van der Waals surface area contributed by atoms with Crippen molar-refractivity contribution in [1.29, 1.82) is 0 Å². The summed E-state index contributed by atoms with van der Waals surface area (Å²) in [5, 5.41) is 10.3. The fourth-order valence-corrected chi connectivity index (χ4v) is 2.67. The van der Waals surface area contributed by atoms with Gasteiger partial charge < -0.3 is 20.7 Å². The molecular formula is C15H33N5O2. The van der Waals surface area contributed by atoms with Crippen molar-refractivity contribution in [3.63, 3.8) is 0 Å². The average Bonchev–Trinajstić information content (AvgIpc) is 2.50. The summed E-state index contributed by atoms with van der Waals surface area (Å²) in [5.74, 6) is -0.191. The normalized spacial score (nSPS) is 22.0. The number of nitrogens with zero attached hydrogens (tertiary/aromatic N) is 2. The smallest absolute Gasteiger partial charge is 0.338 e. The van der Waals surface area contributed by atoms with Gasteiger partial charge in [0.05, 0.1) is 7.11 Å². The largest absolute Gasteiger partial charge is 0.467 e. The molecule has 0 bridgehead atoms. The van der Waals surface area contributed by atoms with Gasteiger partial charge in [-0.1, -0.05) is 0 Å². The number of carbonyl (C=O) groups is 1. The van der Waals surface area contributed by atoms with Crippen LogP contribution in [-0.4, -0.2) is 95.5 Å². The number of nitrogens with one attached hydrogen (secondary N) is 3. The van der Waals surface area contributed by atoms with Crippen LogP contribution in [0.25, 0.3) is 0 Å². The highest BCUT2D eigenvalue weighted by molar-refractivity contribution is 5.75. The van der Waals surface area contributed by atoms with Gasteiger partial charge in [0.2, 0.25) is 0 Å². The molecule has 1 unspecified atom stereocenters. The molecular weight excluding hydrogens is 282 g/mol. The maximum Gasteiger partial charge on any atom is 0.338 e. The highest BCUT2D eigenvalue weighted by Gasteiger charge is 2.28. The first-order chi connectivity index (χ1) is 10.7. The molecule has 0 aromatic carbocycles. The molecule has 22 heavy (non-hydrogen) atoms. The Morgan fingerprint density at radius 3 is 2.14 bits per heavy atom. The molecule has 1 aliphatic rings. The molecule has 0 aliphatic carbocycles. The van der Waals surface area contributed by atoms with Gasteiger partial charge in [0.25, 0.3) is 0 Å². The molecule has 0 saturated carbocycles. The molecule has 7 nitrogen and oxygen atoms in total. The molecule has 0 aromatic heterocycles. The van der Waals surface area contributed by atoms with Gasteiger partial charge in [-0.3, -0.25) is 9.80 Å². The van der Waals surface area contributed by atoms with Crippen molar-refractivity contribution < 1.29 is 9.53 Å². The van der Waals surface area contributed by atoms with Crippen LogP contribution in [0.15, 0.2) is 0 Å². The summed E-state index contributed by atoms with van der Waals surface area (Å²) in [6.07, 6.45) is 1.82. The lowest BCUT2D eigenvalue weighted by molar-refractivity contribution is -0.153. The Bertz CT molecular complexity index is 288. The second kappa shape index (κ2) is 11.8. The van der Waals surface area contributed by atoms with Crippen molar-refractivity contribution in [1.82, 2.24) is 25.8 Å². The SMILES string of the molecule is COC(=O)C(N(C)C)N1CCCNCCNCCCNCC1. The summed E-state index contributed by atoms with van der Waals surface area (Å²) in [5.41, 5.74) is 0. The molecule has 0 radical (unpaired) electrons. The van der Waals surface area contributed by atoms with Gasteiger partial charge in [-0.2, -0.15) is 0 Å². The topological polar surface area (TPSA) is 68.9 Å². The molecule has 0 amide bonds. The molecule has 1 rings (SSSR count). The van der Waals surface area contributed by atoms with Gasteiger partial charge in [0.1, 0.15) is 0 Å². The van der Waals surface area contributed by atoms with E-state index in [-0.39, 0.29) is 12.1 Å². The van der Waals surface area contributed by atoms with Gasteiger partial charge in [-0.15, -0.1) is 0 Å². The first-order valence-corrected chi connectivity index (χ1v) is 8.27. The van der Waals surface area contributed by atoms with Gasteiger partial charge in [-0.05, 0) is 46.6 Å². The molecule has 1 saturated heterocycles. The minimum Gasteiger partial charge on any atom is -0.467 e. The number of carbonyl (C=O) groups excluding carboxylic acids is 1. The molecule has 1 fully saturated rings. The molecule has 7 heteroatoms. The lowest BCUT2D eigenvalue weighted by Crippen LogP contribution is -2.53. The van der Waals surface area contributed by atoms with Crippen molar-refractivity contribution in [2.45, 2.75) is 19.0 Å². The van der Waals surface area contributed by atoms with Gasteiger partial charge in [-0.25, -0.2) is 4.79 Å². The minimum atomic E-state index is -0.318. The van der Waals surface area contributed by atoms with E-state index in [0.29, 0.717) is 0 Å². The van der Waals surface area contributed by atoms with Crippen molar-refractivity contribution in [3.05, 3.63) is 0 Å². The molecule has 1 atom stereocenters. The standard InChI is InChI=1S/C15H33N5O2/c1-19(2)14(15(21)22-3)20-12-5-8-17-10-9-16-6-4-7-18-11-13-20/h14,16-18H,4-13H2,1-3H3. The van der Waals surface area contributed by atoms with Crippen LogP contribution in [0.1, 0.15) is 12.8 Å². The number of esters is 1. The van der Waals surface area contributed by atoms with Gasteiger partial charge in [0, 0.05) is 32.7 Å². The summed E-state index contributed by atoms with van der Waals surface area (Å²) in [6, 6.07) is 0. The first kappa shape index (κ1) is 19.3. The molecule has 1 aliphatic heterocycles. The molecule has 0 spiro atoms. The first-order valence-electron chi connectivity index (χ1n) is 8.27. The number of methoxy groups -OCH3 is 1. The zero-order valence-corrected chi connectivity index (χ0v) is 14.4. The van der Waals surface area contributed by atoms with E-state index in [1.165, 1.54) is 7.11 Å². The number of rotatable bonds is 3. The van der Waals surface area contributed by atoms with Crippen LogP contribution in [0, 0.1) is 0 Å². The number of ether oxygens (including phenoxy) is 1. The van der Waals surface area contributed by atoms with Gasteiger partial charge >= 0.3 is 5.97 Å². The molecule has 3 N–H and O–H groups in total. The van der Waals surface area contributed by atoms with Crippen LogP contribution >= 0.6 is 0 Å². The number of hydrogen-bond donors (Lipinski definition) is 3. The summed E-state index contributed by atoms with van der Waals surface area (Å²) < 4.78 is 4.97. The van der Waals surface area contributed by atoms with E-state index in [2.05, 4.69) is 20.9 Å². The van der Waals surface area contributed by atoms with Crippen molar-refractivity contribution >= 4 is 5.97 Å². The highest BCUT2D eigenvalue weighted by atomic mass is 16.5. The Morgan fingerprint density at radius 2 is 1.55 bits per heavy atom. The van der Waals surface area contributed by atoms with E-state index >= 15 is 0 Å². The maximum absolute atomic E-state index is 12.1. The van der Waals surface area contributed by atoms with Crippen molar-refractivity contribution in [2.75, 3.05) is 73.6 Å².